The van der Waals surface area contributed by atoms with Crippen molar-refractivity contribution < 1.29 is 5.11 Å². The van der Waals surface area contributed by atoms with Gasteiger partial charge in [0.2, 0.25) is 0 Å². The minimum atomic E-state index is 0.213. The number of rotatable bonds is 3. The molecule has 0 aliphatic heterocycles. The minimum absolute atomic E-state index is 0.213. The van der Waals surface area contributed by atoms with Gasteiger partial charge in [0, 0.05) is 0 Å². The number of phenols is 1. The summed E-state index contributed by atoms with van der Waals surface area (Å²) in [4.78, 5) is 0. The Morgan fingerprint density at radius 2 is 1.37 bits per heavy atom. The SMILES string of the molecule is CCC(C(c1ccc(O)cc1)C(C)(C)C)C(C)(C)C. The summed E-state index contributed by atoms with van der Waals surface area (Å²) in [5.41, 5.74) is 1.84. The molecule has 1 heteroatoms. The topological polar surface area (TPSA) is 20.2 Å². The van der Waals surface area contributed by atoms with Crippen LogP contribution >= 0.6 is 0 Å². The molecule has 0 bridgehead atoms. The largest absolute Gasteiger partial charge is 0.508 e. The van der Waals surface area contributed by atoms with Crippen LogP contribution in [-0.2, 0) is 0 Å². The summed E-state index contributed by atoms with van der Waals surface area (Å²) in [7, 11) is 0. The Bertz CT molecular complexity index is 389. The van der Waals surface area contributed by atoms with Gasteiger partial charge in [0.25, 0.3) is 0 Å². The fourth-order valence-corrected chi connectivity index (χ4v) is 3.37. The average Bonchev–Trinajstić information content (AvgIpc) is 2.24. The molecular formula is C18H30O. The van der Waals surface area contributed by atoms with Crippen LogP contribution in [0.2, 0.25) is 0 Å². The van der Waals surface area contributed by atoms with Gasteiger partial charge in [-0.05, 0) is 40.4 Å². The Morgan fingerprint density at radius 1 is 0.895 bits per heavy atom. The summed E-state index contributed by atoms with van der Waals surface area (Å²) in [6.07, 6.45) is 1.17. The summed E-state index contributed by atoms with van der Waals surface area (Å²) in [5, 5.41) is 9.50. The molecule has 1 aromatic rings. The third-order valence-electron chi connectivity index (χ3n) is 4.14. The Labute approximate surface area is 119 Å². The minimum Gasteiger partial charge on any atom is -0.508 e. The molecule has 0 saturated carbocycles. The predicted molar refractivity (Wildman–Crippen MR) is 83.5 cm³/mol. The molecule has 1 rings (SSSR count). The van der Waals surface area contributed by atoms with Crippen molar-refractivity contribution in [3.8, 4) is 5.75 Å². The molecule has 19 heavy (non-hydrogen) atoms. The van der Waals surface area contributed by atoms with Crippen LogP contribution < -0.4 is 0 Å². The zero-order chi connectivity index (χ0) is 14.8. The second kappa shape index (κ2) is 5.56. The van der Waals surface area contributed by atoms with E-state index in [2.05, 4.69) is 60.6 Å². The van der Waals surface area contributed by atoms with Crippen LogP contribution in [0, 0.1) is 16.7 Å². The van der Waals surface area contributed by atoms with Crippen molar-refractivity contribution in [2.75, 3.05) is 0 Å². The van der Waals surface area contributed by atoms with E-state index in [4.69, 9.17) is 0 Å². The Balaban J connectivity index is 3.26. The molecule has 0 fully saturated rings. The van der Waals surface area contributed by atoms with Gasteiger partial charge in [-0.3, -0.25) is 0 Å². The zero-order valence-electron chi connectivity index (χ0n) is 13.6. The van der Waals surface area contributed by atoms with Gasteiger partial charge in [-0.25, -0.2) is 0 Å². The van der Waals surface area contributed by atoms with Gasteiger partial charge in [0.1, 0.15) is 5.75 Å². The Hall–Kier alpha value is -0.980. The fraction of sp³-hybridized carbons (Fsp3) is 0.667. The van der Waals surface area contributed by atoms with E-state index in [1.165, 1.54) is 12.0 Å². The normalized spacial score (nSPS) is 16.2. The first-order chi connectivity index (χ1) is 8.57. The van der Waals surface area contributed by atoms with E-state index in [1.807, 2.05) is 12.1 Å². The molecule has 1 nitrogen and oxygen atoms in total. The maximum atomic E-state index is 9.50. The van der Waals surface area contributed by atoms with E-state index in [-0.39, 0.29) is 10.8 Å². The van der Waals surface area contributed by atoms with E-state index in [1.54, 1.807) is 0 Å². The standard InChI is InChI=1S/C18H30O/c1-8-15(17(2,3)4)16(18(5,6)7)13-9-11-14(19)12-10-13/h9-12,15-16,19H,8H2,1-7H3. The molecule has 0 saturated heterocycles. The molecule has 1 N–H and O–H groups in total. The number of hydrogen-bond donors (Lipinski definition) is 1. The summed E-state index contributed by atoms with van der Waals surface area (Å²) < 4.78 is 0. The summed E-state index contributed by atoms with van der Waals surface area (Å²) in [5.74, 6) is 1.47. The van der Waals surface area contributed by atoms with Gasteiger partial charge < -0.3 is 5.11 Å². The molecule has 1 aromatic carbocycles. The first-order valence-electron chi connectivity index (χ1n) is 7.36. The molecule has 0 radical (unpaired) electrons. The summed E-state index contributed by atoms with van der Waals surface area (Å²) in [6.45, 7) is 16.2. The van der Waals surface area contributed by atoms with E-state index in [0.717, 1.165) is 0 Å². The van der Waals surface area contributed by atoms with Gasteiger partial charge in [0.05, 0.1) is 0 Å². The lowest BCUT2D eigenvalue weighted by atomic mass is 9.61. The molecule has 0 amide bonds. The van der Waals surface area contributed by atoms with Crippen LogP contribution in [0.3, 0.4) is 0 Å². The Kier molecular flexibility index (Phi) is 4.71. The molecular weight excluding hydrogens is 232 g/mol. The lowest BCUT2D eigenvalue weighted by molar-refractivity contribution is 0.122. The highest BCUT2D eigenvalue weighted by Crippen LogP contribution is 2.49. The van der Waals surface area contributed by atoms with E-state index < -0.39 is 0 Å². The number of hydrogen-bond acceptors (Lipinski definition) is 1. The zero-order valence-corrected chi connectivity index (χ0v) is 13.6. The van der Waals surface area contributed by atoms with E-state index in [0.29, 0.717) is 17.6 Å². The lowest BCUT2D eigenvalue weighted by Gasteiger charge is -2.44. The lowest BCUT2D eigenvalue weighted by Crippen LogP contribution is -2.34. The van der Waals surface area contributed by atoms with Crippen LogP contribution in [0.5, 0.6) is 5.75 Å². The quantitative estimate of drug-likeness (QED) is 0.752. The van der Waals surface area contributed by atoms with E-state index in [9.17, 15) is 5.11 Å². The van der Waals surface area contributed by atoms with Crippen molar-refractivity contribution in [3.63, 3.8) is 0 Å². The first kappa shape index (κ1) is 16.1. The highest BCUT2D eigenvalue weighted by molar-refractivity contribution is 5.30. The van der Waals surface area contributed by atoms with Crippen molar-refractivity contribution in [1.29, 1.82) is 0 Å². The van der Waals surface area contributed by atoms with Crippen molar-refractivity contribution in [1.82, 2.24) is 0 Å². The van der Waals surface area contributed by atoms with Crippen LogP contribution in [0.4, 0.5) is 0 Å². The maximum Gasteiger partial charge on any atom is 0.115 e. The molecule has 108 valence electrons. The monoisotopic (exact) mass is 262 g/mol. The molecule has 0 heterocycles. The van der Waals surface area contributed by atoms with E-state index >= 15 is 0 Å². The molecule has 0 spiro atoms. The van der Waals surface area contributed by atoms with Gasteiger partial charge in [0.15, 0.2) is 0 Å². The smallest absolute Gasteiger partial charge is 0.115 e. The highest BCUT2D eigenvalue weighted by atomic mass is 16.3. The molecule has 0 aliphatic rings. The van der Waals surface area contributed by atoms with Gasteiger partial charge >= 0.3 is 0 Å². The molecule has 0 aliphatic carbocycles. The van der Waals surface area contributed by atoms with Gasteiger partial charge in [-0.15, -0.1) is 0 Å². The number of benzene rings is 1. The average molecular weight is 262 g/mol. The predicted octanol–water partition coefficient (Wildman–Crippen LogP) is 5.59. The molecule has 0 aromatic heterocycles. The third-order valence-corrected chi connectivity index (χ3v) is 4.14. The van der Waals surface area contributed by atoms with Crippen LogP contribution in [0.1, 0.15) is 66.4 Å². The Morgan fingerprint density at radius 3 is 1.68 bits per heavy atom. The molecule has 2 atom stereocenters. The maximum absolute atomic E-state index is 9.50. The van der Waals surface area contributed by atoms with Crippen molar-refractivity contribution >= 4 is 0 Å². The number of phenolic OH excluding ortho intramolecular Hbond substituents is 1. The van der Waals surface area contributed by atoms with Crippen molar-refractivity contribution in [3.05, 3.63) is 29.8 Å². The number of aromatic hydroxyl groups is 1. The van der Waals surface area contributed by atoms with Crippen molar-refractivity contribution in [2.45, 2.75) is 60.8 Å². The molecule has 2 unspecified atom stereocenters. The third kappa shape index (κ3) is 3.99. The highest BCUT2D eigenvalue weighted by Gasteiger charge is 2.38. The summed E-state index contributed by atoms with van der Waals surface area (Å²) >= 11 is 0. The summed E-state index contributed by atoms with van der Waals surface area (Å²) in [6, 6.07) is 7.78. The van der Waals surface area contributed by atoms with Crippen molar-refractivity contribution in [2.24, 2.45) is 16.7 Å². The van der Waals surface area contributed by atoms with Crippen LogP contribution in [0.15, 0.2) is 24.3 Å². The second-order valence-electron chi connectivity index (χ2n) is 7.82. The second-order valence-corrected chi connectivity index (χ2v) is 7.82. The first-order valence-corrected chi connectivity index (χ1v) is 7.36. The van der Waals surface area contributed by atoms with Gasteiger partial charge in [-0.2, -0.15) is 0 Å². The van der Waals surface area contributed by atoms with Crippen LogP contribution in [-0.4, -0.2) is 5.11 Å². The van der Waals surface area contributed by atoms with Gasteiger partial charge in [-0.1, -0.05) is 67.0 Å². The van der Waals surface area contributed by atoms with Crippen LogP contribution in [0.25, 0.3) is 0 Å². The fourth-order valence-electron chi connectivity index (χ4n) is 3.37.